The molecule has 4 heteroatoms. The topological polar surface area (TPSA) is 47.3 Å². The minimum Gasteiger partial charge on any atom is -0.491 e. The van der Waals surface area contributed by atoms with Gasteiger partial charge in [-0.1, -0.05) is 48.5 Å². The number of imidazole rings is 1. The Labute approximate surface area is 129 Å². The Kier molecular flexibility index (Phi) is 4.51. The van der Waals surface area contributed by atoms with Gasteiger partial charge in [-0.3, -0.25) is 0 Å². The minimum atomic E-state index is -0.600. The first-order valence-corrected chi connectivity index (χ1v) is 7.25. The van der Waals surface area contributed by atoms with E-state index in [1.165, 1.54) is 0 Å². The maximum Gasteiger partial charge on any atom is 0.139 e. The zero-order chi connectivity index (χ0) is 15.2. The number of para-hydroxylation sites is 1. The molecular weight excluding hydrogens is 276 g/mol. The predicted molar refractivity (Wildman–Crippen MR) is 85.6 cm³/mol. The summed E-state index contributed by atoms with van der Waals surface area (Å²) in [5.74, 6) is 1.61. The van der Waals surface area contributed by atoms with E-state index in [1.54, 1.807) is 6.20 Å². The highest BCUT2D eigenvalue weighted by atomic mass is 16.5. The van der Waals surface area contributed by atoms with Crippen LogP contribution in [0.15, 0.2) is 73.1 Å². The Bertz CT molecular complexity index is 695. The van der Waals surface area contributed by atoms with E-state index in [0.717, 1.165) is 17.1 Å². The monoisotopic (exact) mass is 294 g/mol. The lowest BCUT2D eigenvalue weighted by Gasteiger charge is -2.14. The van der Waals surface area contributed by atoms with Crippen molar-refractivity contribution in [3.8, 4) is 17.1 Å². The Morgan fingerprint density at radius 1 is 1.00 bits per heavy atom. The first kappa shape index (κ1) is 14.4. The number of rotatable bonds is 6. The fourth-order valence-corrected chi connectivity index (χ4v) is 2.29. The van der Waals surface area contributed by atoms with Crippen LogP contribution in [0.1, 0.15) is 0 Å². The first-order chi connectivity index (χ1) is 10.8. The molecule has 0 aliphatic heterocycles. The average Bonchev–Trinajstić information content (AvgIpc) is 3.03. The van der Waals surface area contributed by atoms with E-state index in [1.807, 2.05) is 71.4 Å². The van der Waals surface area contributed by atoms with E-state index in [-0.39, 0.29) is 6.61 Å². The van der Waals surface area contributed by atoms with E-state index in [4.69, 9.17) is 4.74 Å². The van der Waals surface area contributed by atoms with E-state index in [9.17, 15) is 5.11 Å². The maximum absolute atomic E-state index is 10.2. The molecule has 0 amide bonds. The molecule has 1 atom stereocenters. The summed E-state index contributed by atoms with van der Waals surface area (Å²) in [7, 11) is 0. The molecule has 0 bridgehead atoms. The molecule has 3 aromatic rings. The summed E-state index contributed by atoms with van der Waals surface area (Å²) in [4.78, 5) is 4.37. The second-order valence-electron chi connectivity index (χ2n) is 5.05. The molecule has 4 nitrogen and oxygen atoms in total. The van der Waals surface area contributed by atoms with Gasteiger partial charge in [0.2, 0.25) is 0 Å². The van der Waals surface area contributed by atoms with Gasteiger partial charge < -0.3 is 14.4 Å². The van der Waals surface area contributed by atoms with Gasteiger partial charge >= 0.3 is 0 Å². The molecule has 2 aromatic carbocycles. The zero-order valence-corrected chi connectivity index (χ0v) is 12.2. The maximum atomic E-state index is 10.2. The van der Waals surface area contributed by atoms with Gasteiger partial charge in [0, 0.05) is 18.0 Å². The highest BCUT2D eigenvalue weighted by molar-refractivity contribution is 5.55. The van der Waals surface area contributed by atoms with Crippen molar-refractivity contribution in [2.45, 2.75) is 12.6 Å². The van der Waals surface area contributed by atoms with Crippen LogP contribution in [-0.2, 0) is 6.54 Å². The number of ether oxygens (including phenoxy) is 1. The minimum absolute atomic E-state index is 0.246. The van der Waals surface area contributed by atoms with E-state index >= 15 is 0 Å². The van der Waals surface area contributed by atoms with Crippen molar-refractivity contribution in [3.05, 3.63) is 73.1 Å². The molecule has 0 saturated heterocycles. The predicted octanol–water partition coefficient (Wildman–Crippen LogP) is 2.99. The number of aliphatic hydroxyl groups is 1. The van der Waals surface area contributed by atoms with Crippen LogP contribution in [0.3, 0.4) is 0 Å². The molecule has 0 saturated carbocycles. The smallest absolute Gasteiger partial charge is 0.139 e. The molecule has 1 unspecified atom stereocenters. The van der Waals surface area contributed by atoms with Gasteiger partial charge in [0.25, 0.3) is 0 Å². The molecule has 22 heavy (non-hydrogen) atoms. The van der Waals surface area contributed by atoms with Crippen molar-refractivity contribution in [2.75, 3.05) is 6.61 Å². The second-order valence-corrected chi connectivity index (χ2v) is 5.05. The van der Waals surface area contributed by atoms with Gasteiger partial charge in [-0.2, -0.15) is 0 Å². The fourth-order valence-electron chi connectivity index (χ4n) is 2.29. The first-order valence-electron chi connectivity index (χ1n) is 7.25. The number of hydrogen-bond acceptors (Lipinski definition) is 3. The third-order valence-corrected chi connectivity index (χ3v) is 3.34. The second kappa shape index (κ2) is 6.91. The third kappa shape index (κ3) is 3.54. The molecule has 112 valence electrons. The van der Waals surface area contributed by atoms with Crippen LogP contribution >= 0.6 is 0 Å². The van der Waals surface area contributed by atoms with Gasteiger partial charge in [-0.25, -0.2) is 4.98 Å². The standard InChI is InChI=1S/C18H18N2O2/c21-16(14-22-17-9-5-2-6-10-17)13-20-12-11-19-18(20)15-7-3-1-4-8-15/h1-12,16,21H,13-14H2. The van der Waals surface area contributed by atoms with Gasteiger partial charge in [0.05, 0.1) is 6.54 Å². The van der Waals surface area contributed by atoms with E-state index in [0.29, 0.717) is 6.54 Å². The lowest BCUT2D eigenvalue weighted by molar-refractivity contribution is 0.0929. The number of aromatic nitrogens is 2. The summed E-state index contributed by atoms with van der Waals surface area (Å²) in [6.45, 7) is 0.688. The van der Waals surface area contributed by atoms with E-state index in [2.05, 4.69) is 4.98 Å². The van der Waals surface area contributed by atoms with Crippen molar-refractivity contribution < 1.29 is 9.84 Å². The summed E-state index contributed by atoms with van der Waals surface area (Å²) in [5.41, 5.74) is 1.03. The lowest BCUT2D eigenvalue weighted by atomic mass is 10.2. The van der Waals surface area contributed by atoms with Gasteiger partial charge in [0.1, 0.15) is 24.3 Å². The molecule has 0 fully saturated rings. The summed E-state index contributed by atoms with van der Waals surface area (Å²) < 4.78 is 7.52. The van der Waals surface area contributed by atoms with Crippen molar-refractivity contribution in [2.24, 2.45) is 0 Å². The number of hydrogen-bond donors (Lipinski definition) is 1. The Hall–Kier alpha value is -2.59. The molecule has 1 N–H and O–H groups in total. The summed E-state index contributed by atoms with van der Waals surface area (Å²) in [5, 5.41) is 10.2. The SMILES string of the molecule is OC(COc1ccccc1)Cn1ccnc1-c1ccccc1. The molecule has 0 radical (unpaired) electrons. The van der Waals surface area contributed by atoms with Crippen LogP contribution in [-0.4, -0.2) is 27.4 Å². The molecule has 0 aliphatic rings. The molecule has 1 aromatic heterocycles. The fraction of sp³-hybridized carbons (Fsp3) is 0.167. The van der Waals surface area contributed by atoms with Gasteiger partial charge in [0.15, 0.2) is 0 Å². The number of benzene rings is 2. The Morgan fingerprint density at radius 3 is 2.41 bits per heavy atom. The third-order valence-electron chi connectivity index (χ3n) is 3.34. The largest absolute Gasteiger partial charge is 0.491 e. The van der Waals surface area contributed by atoms with Crippen LogP contribution in [0.5, 0.6) is 5.75 Å². The van der Waals surface area contributed by atoms with Crippen molar-refractivity contribution in [1.29, 1.82) is 0 Å². The van der Waals surface area contributed by atoms with Crippen molar-refractivity contribution >= 4 is 0 Å². The number of aliphatic hydroxyl groups excluding tert-OH is 1. The van der Waals surface area contributed by atoms with E-state index < -0.39 is 6.10 Å². The molecule has 3 rings (SSSR count). The summed E-state index contributed by atoms with van der Waals surface area (Å²) >= 11 is 0. The van der Waals surface area contributed by atoms with Gasteiger partial charge in [-0.15, -0.1) is 0 Å². The Balaban J connectivity index is 1.63. The van der Waals surface area contributed by atoms with Crippen LogP contribution in [0, 0.1) is 0 Å². The highest BCUT2D eigenvalue weighted by Crippen LogP contribution is 2.17. The molecule has 0 spiro atoms. The molecule has 1 heterocycles. The highest BCUT2D eigenvalue weighted by Gasteiger charge is 2.11. The van der Waals surface area contributed by atoms with Gasteiger partial charge in [-0.05, 0) is 12.1 Å². The lowest BCUT2D eigenvalue weighted by Crippen LogP contribution is -2.23. The van der Waals surface area contributed by atoms with Crippen molar-refractivity contribution in [1.82, 2.24) is 9.55 Å². The summed E-state index contributed by atoms with van der Waals surface area (Å²) in [6, 6.07) is 19.4. The molecular formula is C18H18N2O2. The Morgan fingerprint density at radius 2 is 1.68 bits per heavy atom. The van der Waals surface area contributed by atoms with Crippen LogP contribution in [0.2, 0.25) is 0 Å². The van der Waals surface area contributed by atoms with Crippen molar-refractivity contribution in [3.63, 3.8) is 0 Å². The molecule has 0 aliphatic carbocycles. The summed E-state index contributed by atoms with van der Waals surface area (Å²) in [6.07, 6.45) is 3.01. The quantitative estimate of drug-likeness (QED) is 0.760. The number of nitrogens with zero attached hydrogens (tertiary/aromatic N) is 2. The van der Waals surface area contributed by atoms with Crippen LogP contribution in [0.4, 0.5) is 0 Å². The van der Waals surface area contributed by atoms with Crippen LogP contribution < -0.4 is 4.74 Å². The average molecular weight is 294 g/mol. The zero-order valence-electron chi connectivity index (χ0n) is 12.2. The normalized spacial score (nSPS) is 12.0. The van der Waals surface area contributed by atoms with Crippen LogP contribution in [0.25, 0.3) is 11.4 Å².